The van der Waals surface area contributed by atoms with Crippen LogP contribution in [0.3, 0.4) is 0 Å². The van der Waals surface area contributed by atoms with Gasteiger partial charge in [0.1, 0.15) is 0 Å². The summed E-state index contributed by atoms with van der Waals surface area (Å²) >= 11 is 0. The van der Waals surface area contributed by atoms with Crippen molar-refractivity contribution in [2.45, 2.75) is 26.8 Å². The van der Waals surface area contributed by atoms with E-state index in [1.165, 1.54) is 22.3 Å². The fourth-order valence-corrected chi connectivity index (χ4v) is 3.06. The Labute approximate surface area is 144 Å². The van der Waals surface area contributed by atoms with Crippen molar-refractivity contribution in [3.8, 4) is 0 Å². The second kappa shape index (κ2) is 7.49. The van der Waals surface area contributed by atoms with Crippen LogP contribution in [0.15, 0.2) is 47.5 Å². The van der Waals surface area contributed by atoms with Crippen LogP contribution in [0, 0.1) is 13.8 Å². The predicted molar refractivity (Wildman–Crippen MR) is 101 cm³/mol. The number of hydrogen-bond donors (Lipinski definition) is 2. The van der Waals surface area contributed by atoms with E-state index in [1.807, 2.05) is 6.07 Å². The van der Waals surface area contributed by atoms with Gasteiger partial charge in [0.05, 0.1) is 6.54 Å². The zero-order valence-electron chi connectivity index (χ0n) is 14.5. The molecule has 2 aromatic rings. The third kappa shape index (κ3) is 4.15. The van der Waals surface area contributed by atoms with E-state index in [1.54, 1.807) is 0 Å². The standard InChI is InChI=1S/C20H26N4/c1-15-7-8-19(13-16(15)2)23-20(21)22-10-12-24-11-9-17-5-3-4-6-18(17)14-24/h3-8,13H,9-12,14H2,1-2H3,(H3,21,22,23). The Morgan fingerprint density at radius 3 is 2.71 bits per heavy atom. The molecule has 24 heavy (non-hydrogen) atoms. The summed E-state index contributed by atoms with van der Waals surface area (Å²) in [7, 11) is 0. The largest absolute Gasteiger partial charge is 0.370 e. The smallest absolute Gasteiger partial charge is 0.193 e. The molecule has 0 fully saturated rings. The Balaban J connectivity index is 1.50. The number of rotatable bonds is 4. The molecule has 0 amide bonds. The molecule has 3 rings (SSSR count). The monoisotopic (exact) mass is 322 g/mol. The fraction of sp³-hybridized carbons (Fsp3) is 0.350. The van der Waals surface area contributed by atoms with Gasteiger partial charge in [-0.15, -0.1) is 0 Å². The summed E-state index contributed by atoms with van der Waals surface area (Å²) in [6.45, 7) is 7.96. The highest BCUT2D eigenvalue weighted by atomic mass is 15.2. The molecule has 4 heteroatoms. The van der Waals surface area contributed by atoms with Gasteiger partial charge in [-0.05, 0) is 54.7 Å². The molecule has 0 aliphatic carbocycles. The Bertz CT molecular complexity index is 736. The number of guanidine groups is 1. The Morgan fingerprint density at radius 2 is 1.92 bits per heavy atom. The summed E-state index contributed by atoms with van der Waals surface area (Å²) in [6, 6.07) is 14.9. The van der Waals surface area contributed by atoms with Crippen molar-refractivity contribution in [3.63, 3.8) is 0 Å². The van der Waals surface area contributed by atoms with E-state index in [2.05, 4.69) is 65.5 Å². The lowest BCUT2D eigenvalue weighted by Crippen LogP contribution is -2.33. The first-order valence-electron chi connectivity index (χ1n) is 8.55. The van der Waals surface area contributed by atoms with Crippen molar-refractivity contribution < 1.29 is 0 Å². The van der Waals surface area contributed by atoms with Gasteiger partial charge in [-0.2, -0.15) is 0 Å². The number of aliphatic imine (C=N–C) groups is 1. The fourth-order valence-electron chi connectivity index (χ4n) is 3.06. The van der Waals surface area contributed by atoms with E-state index in [0.717, 1.165) is 31.7 Å². The number of aryl methyl sites for hydroxylation is 2. The molecule has 1 aliphatic rings. The molecule has 126 valence electrons. The molecule has 3 N–H and O–H groups in total. The molecular weight excluding hydrogens is 296 g/mol. The summed E-state index contributed by atoms with van der Waals surface area (Å²) in [5, 5.41) is 3.17. The van der Waals surface area contributed by atoms with E-state index in [9.17, 15) is 0 Å². The lowest BCUT2D eigenvalue weighted by atomic mass is 10.0. The number of nitrogens with two attached hydrogens (primary N) is 1. The second-order valence-electron chi connectivity index (χ2n) is 6.49. The lowest BCUT2D eigenvalue weighted by molar-refractivity contribution is 0.262. The first-order chi connectivity index (χ1) is 11.6. The number of nitrogens with zero attached hydrogens (tertiary/aromatic N) is 2. The van der Waals surface area contributed by atoms with Crippen LogP contribution in [0.25, 0.3) is 0 Å². The van der Waals surface area contributed by atoms with Crippen LogP contribution >= 0.6 is 0 Å². The van der Waals surface area contributed by atoms with E-state index in [4.69, 9.17) is 5.73 Å². The lowest BCUT2D eigenvalue weighted by Gasteiger charge is -2.28. The molecule has 1 heterocycles. The van der Waals surface area contributed by atoms with Gasteiger partial charge >= 0.3 is 0 Å². The zero-order chi connectivity index (χ0) is 16.9. The predicted octanol–water partition coefficient (Wildman–Crippen LogP) is 3.09. The number of nitrogens with one attached hydrogen (secondary N) is 1. The maximum atomic E-state index is 6.01. The molecule has 0 saturated heterocycles. The van der Waals surface area contributed by atoms with Gasteiger partial charge in [-0.25, -0.2) is 0 Å². The molecule has 2 aromatic carbocycles. The summed E-state index contributed by atoms with van der Waals surface area (Å²) in [5.74, 6) is 0.482. The highest BCUT2D eigenvalue weighted by Gasteiger charge is 2.14. The zero-order valence-corrected chi connectivity index (χ0v) is 14.5. The molecule has 1 aliphatic heterocycles. The van der Waals surface area contributed by atoms with Crippen LogP contribution in [0.1, 0.15) is 22.3 Å². The summed E-state index contributed by atoms with van der Waals surface area (Å²) < 4.78 is 0. The highest BCUT2D eigenvalue weighted by molar-refractivity contribution is 5.92. The van der Waals surface area contributed by atoms with Gasteiger partial charge in [0, 0.05) is 25.3 Å². The van der Waals surface area contributed by atoms with Gasteiger partial charge in [-0.1, -0.05) is 30.3 Å². The van der Waals surface area contributed by atoms with Crippen molar-refractivity contribution in [1.82, 2.24) is 4.90 Å². The number of benzene rings is 2. The topological polar surface area (TPSA) is 53.6 Å². The quantitative estimate of drug-likeness (QED) is 0.672. The molecule has 4 nitrogen and oxygen atoms in total. The number of fused-ring (bicyclic) bond motifs is 1. The van der Waals surface area contributed by atoms with Crippen molar-refractivity contribution in [1.29, 1.82) is 0 Å². The van der Waals surface area contributed by atoms with Crippen LogP contribution in [0.2, 0.25) is 0 Å². The minimum absolute atomic E-state index is 0.482. The van der Waals surface area contributed by atoms with Gasteiger partial charge in [0.2, 0.25) is 0 Å². The third-order valence-electron chi connectivity index (χ3n) is 4.69. The molecular formula is C20H26N4. The minimum atomic E-state index is 0.482. The van der Waals surface area contributed by atoms with Gasteiger partial charge in [0.25, 0.3) is 0 Å². The van der Waals surface area contributed by atoms with E-state index < -0.39 is 0 Å². The van der Waals surface area contributed by atoms with Gasteiger partial charge in [-0.3, -0.25) is 9.89 Å². The molecule has 0 saturated carbocycles. The van der Waals surface area contributed by atoms with Crippen LogP contribution in [0.5, 0.6) is 0 Å². The maximum Gasteiger partial charge on any atom is 0.193 e. The van der Waals surface area contributed by atoms with E-state index in [-0.39, 0.29) is 0 Å². The molecule has 0 bridgehead atoms. The van der Waals surface area contributed by atoms with Crippen LogP contribution in [-0.4, -0.2) is 30.5 Å². The first kappa shape index (κ1) is 16.5. The van der Waals surface area contributed by atoms with E-state index in [0.29, 0.717) is 12.5 Å². The minimum Gasteiger partial charge on any atom is -0.370 e. The van der Waals surface area contributed by atoms with Crippen molar-refractivity contribution in [2.75, 3.05) is 25.0 Å². The van der Waals surface area contributed by atoms with Crippen molar-refractivity contribution >= 4 is 11.6 Å². The van der Waals surface area contributed by atoms with Gasteiger partial charge < -0.3 is 11.1 Å². The third-order valence-corrected chi connectivity index (χ3v) is 4.69. The van der Waals surface area contributed by atoms with Crippen LogP contribution < -0.4 is 11.1 Å². The summed E-state index contributed by atoms with van der Waals surface area (Å²) in [5.41, 5.74) is 12.4. The van der Waals surface area contributed by atoms with Crippen LogP contribution in [0.4, 0.5) is 5.69 Å². The molecule has 0 spiro atoms. The summed E-state index contributed by atoms with van der Waals surface area (Å²) in [6.07, 6.45) is 1.12. The van der Waals surface area contributed by atoms with Gasteiger partial charge in [0.15, 0.2) is 5.96 Å². The second-order valence-corrected chi connectivity index (χ2v) is 6.49. The van der Waals surface area contributed by atoms with E-state index >= 15 is 0 Å². The SMILES string of the molecule is Cc1ccc(NC(N)=NCCN2CCc3ccccc3C2)cc1C. The first-order valence-corrected chi connectivity index (χ1v) is 8.55. The Morgan fingerprint density at radius 1 is 1.12 bits per heavy atom. The number of anilines is 1. The maximum absolute atomic E-state index is 6.01. The highest BCUT2D eigenvalue weighted by Crippen LogP contribution is 2.18. The van der Waals surface area contributed by atoms with Crippen molar-refractivity contribution in [2.24, 2.45) is 10.7 Å². The van der Waals surface area contributed by atoms with Crippen molar-refractivity contribution in [3.05, 3.63) is 64.7 Å². The Hall–Kier alpha value is -2.33. The van der Waals surface area contributed by atoms with Crippen LogP contribution in [-0.2, 0) is 13.0 Å². The molecule has 0 radical (unpaired) electrons. The average Bonchev–Trinajstić information content (AvgIpc) is 2.58. The average molecular weight is 322 g/mol. The molecule has 0 unspecified atom stereocenters. The Kier molecular flexibility index (Phi) is 5.16. The number of hydrogen-bond acceptors (Lipinski definition) is 2. The molecule has 0 aromatic heterocycles. The molecule has 0 atom stereocenters. The normalized spacial score (nSPS) is 15.2. The summed E-state index contributed by atoms with van der Waals surface area (Å²) in [4.78, 5) is 6.90.